The fourth-order valence-corrected chi connectivity index (χ4v) is 4.73. The Hall–Kier alpha value is -4.13. The first-order chi connectivity index (χ1) is 16.5. The first-order valence-corrected chi connectivity index (χ1v) is 11.1. The van der Waals surface area contributed by atoms with Crippen molar-refractivity contribution in [3.63, 3.8) is 0 Å². The van der Waals surface area contributed by atoms with Crippen molar-refractivity contribution in [3.8, 4) is 0 Å². The monoisotopic (exact) mass is 457 g/mol. The standard InChI is InChI=1S/C27H23NO6/c1-33-27(32)17-10-12-20(13-11-17)28-23(21-7-4-14-34-21)22(25(30)26(28)31)24(29)19-9-8-16-5-2-3-6-18(16)15-19/h4,7-15,23,29H,2-3,5-6H2,1H3/b24-22-. The average Bonchev–Trinajstić information content (AvgIpc) is 3.50. The molecule has 1 fully saturated rings. The molecule has 1 aliphatic carbocycles. The summed E-state index contributed by atoms with van der Waals surface area (Å²) in [5.41, 5.74) is 3.56. The molecule has 0 spiro atoms. The largest absolute Gasteiger partial charge is 0.507 e. The van der Waals surface area contributed by atoms with Crippen LogP contribution in [-0.2, 0) is 27.2 Å². The maximum absolute atomic E-state index is 13.2. The SMILES string of the molecule is COC(=O)c1ccc(N2C(=O)C(=O)/C(=C(\O)c3ccc4c(c3)CCCC4)C2c2ccco2)cc1. The molecule has 2 heterocycles. The number of rotatable bonds is 4. The zero-order chi connectivity index (χ0) is 23.8. The third kappa shape index (κ3) is 3.59. The van der Waals surface area contributed by atoms with Crippen LogP contribution in [0.5, 0.6) is 0 Å². The first kappa shape index (κ1) is 21.7. The maximum atomic E-state index is 13.2. The predicted octanol–water partition coefficient (Wildman–Crippen LogP) is 4.57. The fraction of sp³-hybridized carbons (Fsp3) is 0.222. The molecule has 1 aliphatic heterocycles. The van der Waals surface area contributed by atoms with E-state index in [-0.39, 0.29) is 11.3 Å². The molecule has 5 rings (SSSR count). The number of Topliss-reactive ketones (excluding diaryl/α,β-unsaturated/α-hetero) is 1. The van der Waals surface area contributed by atoms with E-state index >= 15 is 0 Å². The number of carbonyl (C=O) groups is 3. The van der Waals surface area contributed by atoms with Gasteiger partial charge in [-0.3, -0.25) is 14.5 Å². The van der Waals surface area contributed by atoms with E-state index in [9.17, 15) is 19.5 Å². The van der Waals surface area contributed by atoms with Crippen LogP contribution in [0.4, 0.5) is 5.69 Å². The molecule has 34 heavy (non-hydrogen) atoms. The summed E-state index contributed by atoms with van der Waals surface area (Å²) < 4.78 is 10.3. The predicted molar refractivity (Wildman–Crippen MR) is 124 cm³/mol. The zero-order valence-electron chi connectivity index (χ0n) is 18.6. The minimum Gasteiger partial charge on any atom is -0.507 e. The molecule has 1 N–H and O–H groups in total. The Morgan fingerprint density at radius 2 is 1.71 bits per heavy atom. The van der Waals surface area contributed by atoms with E-state index in [2.05, 4.69) is 0 Å². The van der Waals surface area contributed by atoms with Crippen LogP contribution in [0.15, 0.2) is 70.9 Å². The normalized spacial score (nSPS) is 19.2. The number of aliphatic hydroxyl groups is 1. The number of ketones is 1. The third-order valence-electron chi connectivity index (χ3n) is 6.45. The second kappa shape index (κ2) is 8.67. The van der Waals surface area contributed by atoms with E-state index in [1.54, 1.807) is 30.3 Å². The number of fused-ring (bicyclic) bond motifs is 1. The molecule has 1 atom stereocenters. The molecular weight excluding hydrogens is 434 g/mol. The van der Waals surface area contributed by atoms with Crippen molar-refractivity contribution in [1.29, 1.82) is 0 Å². The number of aryl methyl sites for hydroxylation is 2. The average molecular weight is 457 g/mol. The number of amides is 1. The minimum atomic E-state index is -0.949. The Labute approximate surface area is 196 Å². The van der Waals surface area contributed by atoms with Gasteiger partial charge in [0.1, 0.15) is 17.6 Å². The summed E-state index contributed by atoms with van der Waals surface area (Å²) in [7, 11) is 1.28. The number of hydrogen-bond donors (Lipinski definition) is 1. The zero-order valence-corrected chi connectivity index (χ0v) is 18.6. The first-order valence-electron chi connectivity index (χ1n) is 11.1. The molecule has 1 saturated heterocycles. The van der Waals surface area contributed by atoms with Gasteiger partial charge in [-0.25, -0.2) is 4.79 Å². The molecular formula is C27H23NO6. The van der Waals surface area contributed by atoms with Gasteiger partial charge in [-0.2, -0.15) is 0 Å². The lowest BCUT2D eigenvalue weighted by Gasteiger charge is -2.23. The molecule has 2 aliphatic rings. The van der Waals surface area contributed by atoms with Crippen molar-refractivity contribution in [3.05, 3.63) is 94.4 Å². The van der Waals surface area contributed by atoms with Crippen LogP contribution in [0.1, 0.15) is 51.7 Å². The highest BCUT2D eigenvalue weighted by Gasteiger charge is 2.48. The second-order valence-electron chi connectivity index (χ2n) is 8.41. The molecule has 2 aromatic carbocycles. The molecule has 0 radical (unpaired) electrons. The summed E-state index contributed by atoms with van der Waals surface area (Å²) in [6, 6.07) is 14.2. The maximum Gasteiger partial charge on any atom is 0.337 e. The van der Waals surface area contributed by atoms with Gasteiger partial charge in [-0.15, -0.1) is 0 Å². The van der Waals surface area contributed by atoms with Crippen molar-refractivity contribution in [2.45, 2.75) is 31.7 Å². The number of furan rings is 1. The van der Waals surface area contributed by atoms with Gasteiger partial charge in [0.2, 0.25) is 0 Å². The Balaban J connectivity index is 1.62. The van der Waals surface area contributed by atoms with Crippen LogP contribution in [0.25, 0.3) is 5.76 Å². The second-order valence-corrected chi connectivity index (χ2v) is 8.41. The Morgan fingerprint density at radius 1 is 1.00 bits per heavy atom. The minimum absolute atomic E-state index is 0.0345. The van der Waals surface area contributed by atoms with Gasteiger partial charge in [0, 0.05) is 11.3 Å². The molecule has 0 saturated carbocycles. The van der Waals surface area contributed by atoms with Gasteiger partial charge in [0.25, 0.3) is 11.7 Å². The summed E-state index contributed by atoms with van der Waals surface area (Å²) in [6.45, 7) is 0. The van der Waals surface area contributed by atoms with Crippen LogP contribution in [0.3, 0.4) is 0 Å². The number of ether oxygens (including phenoxy) is 1. The molecule has 1 unspecified atom stereocenters. The summed E-state index contributed by atoms with van der Waals surface area (Å²) in [5, 5.41) is 11.3. The Kier molecular flexibility index (Phi) is 5.53. The van der Waals surface area contributed by atoms with Gasteiger partial charge in [-0.1, -0.05) is 12.1 Å². The van der Waals surface area contributed by atoms with E-state index < -0.39 is 23.7 Å². The lowest BCUT2D eigenvalue weighted by atomic mass is 9.89. The lowest BCUT2D eigenvalue weighted by molar-refractivity contribution is -0.132. The number of anilines is 1. The third-order valence-corrected chi connectivity index (χ3v) is 6.45. The number of methoxy groups -OCH3 is 1. The van der Waals surface area contributed by atoms with E-state index in [1.807, 2.05) is 12.1 Å². The fourth-order valence-electron chi connectivity index (χ4n) is 4.73. The van der Waals surface area contributed by atoms with Crippen LogP contribution in [-0.4, -0.2) is 29.9 Å². The smallest absolute Gasteiger partial charge is 0.337 e. The van der Waals surface area contributed by atoms with Crippen molar-refractivity contribution >= 4 is 29.1 Å². The van der Waals surface area contributed by atoms with Gasteiger partial charge >= 0.3 is 5.97 Å². The van der Waals surface area contributed by atoms with Crippen molar-refractivity contribution in [1.82, 2.24) is 0 Å². The van der Waals surface area contributed by atoms with E-state index in [0.29, 0.717) is 22.6 Å². The summed E-state index contributed by atoms with van der Waals surface area (Å²) in [5.74, 6) is -1.98. The van der Waals surface area contributed by atoms with Crippen LogP contribution in [0.2, 0.25) is 0 Å². The van der Waals surface area contributed by atoms with Crippen molar-refractivity contribution in [2.75, 3.05) is 12.0 Å². The van der Waals surface area contributed by atoms with Crippen LogP contribution < -0.4 is 4.90 Å². The highest BCUT2D eigenvalue weighted by molar-refractivity contribution is 6.51. The number of benzene rings is 2. The number of hydrogen-bond acceptors (Lipinski definition) is 6. The van der Waals surface area contributed by atoms with Gasteiger partial charge in [-0.05, 0) is 79.3 Å². The van der Waals surface area contributed by atoms with Crippen molar-refractivity contribution in [2.24, 2.45) is 0 Å². The topological polar surface area (TPSA) is 97.0 Å². The molecule has 0 bridgehead atoms. The highest BCUT2D eigenvalue weighted by Crippen LogP contribution is 2.42. The quantitative estimate of drug-likeness (QED) is 0.267. The summed E-state index contributed by atoms with van der Waals surface area (Å²) in [6.07, 6.45) is 5.58. The summed E-state index contributed by atoms with van der Waals surface area (Å²) >= 11 is 0. The molecule has 7 heteroatoms. The van der Waals surface area contributed by atoms with Gasteiger partial charge < -0.3 is 14.3 Å². The van der Waals surface area contributed by atoms with Gasteiger partial charge in [0.15, 0.2) is 0 Å². The molecule has 7 nitrogen and oxygen atoms in total. The number of carbonyl (C=O) groups excluding carboxylic acids is 3. The molecule has 1 aromatic heterocycles. The number of esters is 1. The molecule has 172 valence electrons. The molecule has 3 aromatic rings. The van der Waals surface area contributed by atoms with Gasteiger partial charge in [0.05, 0.1) is 24.5 Å². The molecule has 1 amide bonds. The van der Waals surface area contributed by atoms with E-state index in [1.165, 1.54) is 36.0 Å². The summed E-state index contributed by atoms with van der Waals surface area (Å²) in [4.78, 5) is 39.4. The number of aliphatic hydroxyl groups excluding tert-OH is 1. The number of nitrogens with zero attached hydrogens (tertiary/aromatic N) is 1. The Bertz CT molecular complexity index is 1300. The van der Waals surface area contributed by atoms with Crippen LogP contribution >= 0.6 is 0 Å². The van der Waals surface area contributed by atoms with Crippen LogP contribution in [0, 0.1) is 0 Å². The van der Waals surface area contributed by atoms with E-state index in [0.717, 1.165) is 31.2 Å². The Morgan fingerprint density at radius 3 is 2.38 bits per heavy atom. The highest BCUT2D eigenvalue weighted by atomic mass is 16.5. The lowest BCUT2D eigenvalue weighted by Crippen LogP contribution is -2.29. The van der Waals surface area contributed by atoms with Crippen molar-refractivity contribution < 1.29 is 28.6 Å². The van der Waals surface area contributed by atoms with E-state index in [4.69, 9.17) is 9.15 Å².